The maximum atomic E-state index is 12.4. The highest BCUT2D eigenvalue weighted by molar-refractivity contribution is 6.35. The summed E-state index contributed by atoms with van der Waals surface area (Å²) in [6.07, 6.45) is -0.765. The van der Waals surface area contributed by atoms with Gasteiger partial charge < -0.3 is 24.3 Å². The molecular weight excluding hydrogens is 509 g/mol. The van der Waals surface area contributed by atoms with Gasteiger partial charge in [0, 0.05) is 16.7 Å². The Labute approximate surface area is 217 Å². The third kappa shape index (κ3) is 5.72. The molecule has 0 spiro atoms. The third-order valence-corrected chi connectivity index (χ3v) is 5.63. The van der Waals surface area contributed by atoms with E-state index in [1.807, 2.05) is 6.07 Å². The van der Waals surface area contributed by atoms with E-state index in [2.05, 4.69) is 20.6 Å². The van der Waals surface area contributed by atoms with Crippen molar-refractivity contribution in [1.29, 1.82) is 0 Å². The van der Waals surface area contributed by atoms with Crippen LogP contribution in [0, 0.1) is 0 Å². The van der Waals surface area contributed by atoms with E-state index in [9.17, 15) is 4.79 Å². The second-order valence-electron chi connectivity index (χ2n) is 7.51. The van der Waals surface area contributed by atoms with Gasteiger partial charge in [-0.3, -0.25) is 4.79 Å². The molecule has 0 aliphatic heterocycles. The van der Waals surface area contributed by atoms with Crippen LogP contribution in [0.5, 0.6) is 23.1 Å². The number of benzene rings is 2. The Morgan fingerprint density at radius 3 is 2.53 bits per heavy atom. The van der Waals surface area contributed by atoms with Crippen LogP contribution in [0.25, 0.3) is 17.0 Å². The topological polar surface area (TPSA) is 109 Å². The fourth-order valence-electron chi connectivity index (χ4n) is 3.29. The van der Waals surface area contributed by atoms with Crippen molar-refractivity contribution < 1.29 is 23.7 Å². The molecule has 4 rings (SSSR count). The Bertz CT molecular complexity index is 1380. The monoisotopic (exact) mass is 531 g/mol. The van der Waals surface area contributed by atoms with Crippen molar-refractivity contribution in [1.82, 2.24) is 25.1 Å². The number of halogens is 2. The number of hydrogen-bond donors (Lipinski definition) is 1. The van der Waals surface area contributed by atoms with Crippen LogP contribution in [0.2, 0.25) is 10.0 Å². The molecule has 1 N–H and O–H groups in total. The van der Waals surface area contributed by atoms with E-state index in [1.165, 1.54) is 0 Å². The second kappa shape index (κ2) is 11.3. The number of rotatable bonds is 10. The first-order valence-corrected chi connectivity index (χ1v) is 11.6. The molecule has 12 heteroatoms. The standard InChI is InChI=1S/C24H23Cl2N5O5/c1-14(36-18-7-5-16(25)13-17(18)26)24(32)27-10-11-35-22-9-8-21-28-29-23(31(21)30-22)15-4-6-19(33-2)20(12-15)34-3/h4-9,12-14H,10-11H2,1-3H3,(H,27,32). The first-order chi connectivity index (χ1) is 17.4. The molecule has 2 aromatic heterocycles. The molecule has 4 aromatic rings. The number of methoxy groups -OCH3 is 2. The minimum Gasteiger partial charge on any atom is -0.493 e. The SMILES string of the molecule is COc1ccc(-c2nnc3ccc(OCCNC(=O)C(C)Oc4ccc(Cl)cc4Cl)nn23)cc1OC. The number of hydrogen-bond acceptors (Lipinski definition) is 8. The predicted molar refractivity (Wildman–Crippen MR) is 134 cm³/mol. The number of carbonyl (C=O) groups excluding carboxylic acids is 1. The molecule has 10 nitrogen and oxygen atoms in total. The lowest BCUT2D eigenvalue weighted by Gasteiger charge is -2.16. The lowest BCUT2D eigenvalue weighted by atomic mass is 10.2. The van der Waals surface area contributed by atoms with Crippen LogP contribution in [-0.2, 0) is 4.79 Å². The summed E-state index contributed by atoms with van der Waals surface area (Å²) in [5, 5.41) is 16.4. The Hall–Kier alpha value is -3.76. The van der Waals surface area contributed by atoms with E-state index in [-0.39, 0.29) is 19.1 Å². The van der Waals surface area contributed by atoms with E-state index in [0.29, 0.717) is 44.6 Å². The zero-order chi connectivity index (χ0) is 25.7. The van der Waals surface area contributed by atoms with Gasteiger partial charge in [0.05, 0.1) is 25.8 Å². The zero-order valence-electron chi connectivity index (χ0n) is 19.7. The largest absolute Gasteiger partial charge is 0.493 e. The van der Waals surface area contributed by atoms with Gasteiger partial charge in [-0.25, -0.2) is 0 Å². The van der Waals surface area contributed by atoms with Crippen LogP contribution < -0.4 is 24.3 Å². The number of nitrogens with zero attached hydrogens (tertiary/aromatic N) is 4. The summed E-state index contributed by atoms with van der Waals surface area (Å²) in [6.45, 7) is 2.05. The zero-order valence-corrected chi connectivity index (χ0v) is 21.2. The molecule has 0 bridgehead atoms. The predicted octanol–water partition coefficient (Wildman–Crippen LogP) is 4.08. The van der Waals surface area contributed by atoms with Gasteiger partial charge in [0.15, 0.2) is 29.1 Å². The molecule has 2 heterocycles. The summed E-state index contributed by atoms with van der Waals surface area (Å²) in [5.41, 5.74) is 1.29. The van der Waals surface area contributed by atoms with Crippen molar-refractivity contribution in [3.63, 3.8) is 0 Å². The summed E-state index contributed by atoms with van der Waals surface area (Å²) in [7, 11) is 3.13. The number of amides is 1. The highest BCUT2D eigenvalue weighted by Crippen LogP contribution is 2.32. The first kappa shape index (κ1) is 25.3. The fraction of sp³-hybridized carbons (Fsp3) is 0.250. The van der Waals surface area contributed by atoms with Gasteiger partial charge in [-0.15, -0.1) is 15.3 Å². The van der Waals surface area contributed by atoms with Gasteiger partial charge in [-0.05, 0) is 49.4 Å². The number of aromatic nitrogens is 4. The Balaban J connectivity index is 1.35. The van der Waals surface area contributed by atoms with Crippen molar-refractivity contribution in [2.75, 3.05) is 27.4 Å². The number of carbonyl (C=O) groups is 1. The van der Waals surface area contributed by atoms with Crippen LogP contribution in [-0.4, -0.2) is 59.2 Å². The summed E-state index contributed by atoms with van der Waals surface area (Å²) in [5.74, 6) is 2.07. The quantitative estimate of drug-likeness (QED) is 0.305. The van der Waals surface area contributed by atoms with Crippen LogP contribution in [0.15, 0.2) is 48.5 Å². The maximum Gasteiger partial charge on any atom is 0.260 e. The highest BCUT2D eigenvalue weighted by Gasteiger charge is 2.17. The molecule has 0 saturated heterocycles. The van der Waals surface area contributed by atoms with Gasteiger partial charge in [-0.2, -0.15) is 4.52 Å². The Kier molecular flexibility index (Phi) is 7.97. The van der Waals surface area contributed by atoms with Crippen molar-refractivity contribution in [3.8, 4) is 34.5 Å². The molecule has 2 aromatic carbocycles. The molecule has 188 valence electrons. The third-order valence-electron chi connectivity index (χ3n) is 5.10. The Morgan fingerprint density at radius 1 is 1.00 bits per heavy atom. The normalized spacial score (nSPS) is 11.7. The van der Waals surface area contributed by atoms with Crippen LogP contribution in [0.1, 0.15) is 6.92 Å². The smallest absolute Gasteiger partial charge is 0.260 e. The molecule has 0 radical (unpaired) electrons. The molecule has 0 fully saturated rings. The highest BCUT2D eigenvalue weighted by atomic mass is 35.5. The van der Waals surface area contributed by atoms with Crippen molar-refractivity contribution in [2.24, 2.45) is 0 Å². The minimum atomic E-state index is -0.765. The van der Waals surface area contributed by atoms with Gasteiger partial charge in [0.2, 0.25) is 5.88 Å². The van der Waals surface area contributed by atoms with E-state index < -0.39 is 6.10 Å². The van der Waals surface area contributed by atoms with Crippen molar-refractivity contribution in [3.05, 3.63) is 58.6 Å². The van der Waals surface area contributed by atoms with Crippen molar-refractivity contribution >= 4 is 34.8 Å². The average Bonchev–Trinajstić information content (AvgIpc) is 3.31. The summed E-state index contributed by atoms with van der Waals surface area (Å²) < 4.78 is 23.6. The van der Waals surface area contributed by atoms with E-state index >= 15 is 0 Å². The minimum absolute atomic E-state index is 0.187. The summed E-state index contributed by atoms with van der Waals surface area (Å²) in [4.78, 5) is 12.4. The van der Waals surface area contributed by atoms with Gasteiger partial charge in [-0.1, -0.05) is 23.2 Å². The molecule has 1 atom stereocenters. The van der Waals surface area contributed by atoms with Gasteiger partial charge in [0.25, 0.3) is 5.91 Å². The lowest BCUT2D eigenvalue weighted by molar-refractivity contribution is -0.127. The van der Waals surface area contributed by atoms with Crippen LogP contribution >= 0.6 is 23.2 Å². The molecule has 0 saturated carbocycles. The van der Waals surface area contributed by atoms with Crippen LogP contribution in [0.4, 0.5) is 0 Å². The molecule has 1 unspecified atom stereocenters. The molecule has 1 amide bonds. The molecule has 0 aliphatic carbocycles. The number of ether oxygens (including phenoxy) is 4. The Morgan fingerprint density at radius 2 is 1.78 bits per heavy atom. The number of fused-ring (bicyclic) bond motifs is 1. The average molecular weight is 532 g/mol. The summed E-state index contributed by atoms with van der Waals surface area (Å²) >= 11 is 12.0. The lowest BCUT2D eigenvalue weighted by Crippen LogP contribution is -2.38. The van der Waals surface area contributed by atoms with Gasteiger partial charge >= 0.3 is 0 Å². The summed E-state index contributed by atoms with van der Waals surface area (Å²) in [6, 6.07) is 13.6. The molecule has 36 heavy (non-hydrogen) atoms. The van der Waals surface area contributed by atoms with E-state index in [0.717, 1.165) is 5.56 Å². The molecular formula is C24H23Cl2N5O5. The maximum absolute atomic E-state index is 12.4. The second-order valence-corrected chi connectivity index (χ2v) is 8.35. The fourth-order valence-corrected chi connectivity index (χ4v) is 3.75. The molecule has 0 aliphatic rings. The van der Waals surface area contributed by atoms with Crippen molar-refractivity contribution in [2.45, 2.75) is 13.0 Å². The van der Waals surface area contributed by atoms with E-state index in [4.69, 9.17) is 42.1 Å². The van der Waals surface area contributed by atoms with E-state index in [1.54, 1.807) is 68.1 Å². The first-order valence-electron chi connectivity index (χ1n) is 10.9. The van der Waals surface area contributed by atoms with Crippen LogP contribution in [0.3, 0.4) is 0 Å². The van der Waals surface area contributed by atoms with Gasteiger partial charge in [0.1, 0.15) is 12.4 Å². The number of nitrogens with one attached hydrogen (secondary N) is 1.